The molecule has 3 aromatic rings. The molecule has 4 rings (SSSR count). The molecule has 0 amide bonds. The molecule has 1 aliphatic rings. The summed E-state index contributed by atoms with van der Waals surface area (Å²) >= 11 is 6.10. The molecule has 118 valence electrons. The Hall–Kier alpha value is -2.11. The molecule has 23 heavy (non-hydrogen) atoms. The van der Waals surface area contributed by atoms with Crippen LogP contribution in [0.1, 0.15) is 30.3 Å². The molecule has 1 aromatic carbocycles. The van der Waals surface area contributed by atoms with Crippen LogP contribution in [-0.4, -0.2) is 19.3 Å². The molecule has 1 aliphatic carbocycles. The van der Waals surface area contributed by atoms with Crippen LogP contribution in [0.2, 0.25) is 5.15 Å². The Morgan fingerprint density at radius 2 is 1.96 bits per heavy atom. The second kappa shape index (κ2) is 5.51. The first kappa shape index (κ1) is 14.5. The van der Waals surface area contributed by atoms with Crippen LogP contribution in [0.25, 0.3) is 5.52 Å². The molecule has 0 saturated heterocycles. The van der Waals surface area contributed by atoms with Gasteiger partial charge in [0.1, 0.15) is 16.8 Å². The molecular weight excluding hydrogens is 314 g/mol. The second-order valence-corrected chi connectivity index (χ2v) is 6.36. The predicted molar refractivity (Wildman–Crippen MR) is 87.7 cm³/mol. The van der Waals surface area contributed by atoms with Gasteiger partial charge in [-0.05, 0) is 36.5 Å². The molecule has 2 heterocycles. The summed E-state index contributed by atoms with van der Waals surface area (Å²) in [4.78, 5) is 12.8. The summed E-state index contributed by atoms with van der Waals surface area (Å²) in [6.45, 7) is 0.380. The third kappa shape index (κ3) is 2.56. The third-order valence-corrected chi connectivity index (χ3v) is 4.56. The maximum absolute atomic E-state index is 12.8. The SMILES string of the molecule is O=c1c2ccc(Cl)n2nc(C(O)C2CC2)n1Cc1ccccc1. The molecule has 1 saturated carbocycles. The van der Waals surface area contributed by atoms with Gasteiger partial charge < -0.3 is 5.11 Å². The molecule has 0 aliphatic heterocycles. The Morgan fingerprint density at radius 1 is 1.22 bits per heavy atom. The molecular formula is C17H16ClN3O2. The van der Waals surface area contributed by atoms with Gasteiger partial charge in [-0.1, -0.05) is 41.9 Å². The summed E-state index contributed by atoms with van der Waals surface area (Å²) in [5.41, 5.74) is 1.21. The van der Waals surface area contributed by atoms with Crippen molar-refractivity contribution in [2.24, 2.45) is 5.92 Å². The predicted octanol–water partition coefficient (Wildman–Crippen LogP) is 2.64. The highest BCUT2D eigenvalue weighted by Gasteiger charge is 2.34. The minimum absolute atomic E-state index is 0.177. The van der Waals surface area contributed by atoms with Crippen molar-refractivity contribution in [3.05, 3.63) is 69.4 Å². The first-order valence-electron chi connectivity index (χ1n) is 7.65. The fourth-order valence-electron chi connectivity index (χ4n) is 2.83. The van der Waals surface area contributed by atoms with Gasteiger partial charge in [0, 0.05) is 0 Å². The quantitative estimate of drug-likeness (QED) is 0.800. The molecule has 0 radical (unpaired) electrons. The van der Waals surface area contributed by atoms with Crippen molar-refractivity contribution < 1.29 is 5.11 Å². The largest absolute Gasteiger partial charge is 0.385 e. The lowest BCUT2D eigenvalue weighted by Gasteiger charge is -2.17. The summed E-state index contributed by atoms with van der Waals surface area (Å²) in [6, 6.07) is 13.0. The average Bonchev–Trinajstić information content (AvgIpc) is 3.34. The Balaban J connectivity index is 1.90. The van der Waals surface area contributed by atoms with Gasteiger partial charge in [0.15, 0.2) is 5.82 Å². The van der Waals surface area contributed by atoms with Gasteiger partial charge in [0.25, 0.3) is 5.56 Å². The lowest BCUT2D eigenvalue weighted by molar-refractivity contribution is 0.136. The van der Waals surface area contributed by atoms with Crippen molar-refractivity contribution in [1.29, 1.82) is 0 Å². The number of rotatable bonds is 4. The number of halogens is 1. The summed E-state index contributed by atoms with van der Waals surface area (Å²) in [5.74, 6) is 0.558. The van der Waals surface area contributed by atoms with E-state index in [4.69, 9.17) is 11.6 Å². The van der Waals surface area contributed by atoms with Crippen molar-refractivity contribution in [3.63, 3.8) is 0 Å². The Kier molecular flexibility index (Phi) is 3.47. The van der Waals surface area contributed by atoms with Gasteiger partial charge in [-0.3, -0.25) is 9.36 Å². The zero-order valence-electron chi connectivity index (χ0n) is 12.4. The van der Waals surface area contributed by atoms with Crippen LogP contribution in [0.5, 0.6) is 0 Å². The molecule has 1 N–H and O–H groups in total. The van der Waals surface area contributed by atoms with Gasteiger partial charge in [0.2, 0.25) is 0 Å². The summed E-state index contributed by atoms with van der Waals surface area (Å²) in [5, 5.41) is 15.4. The first-order chi connectivity index (χ1) is 11.1. The molecule has 1 atom stereocenters. The lowest BCUT2D eigenvalue weighted by Crippen LogP contribution is -2.30. The molecule has 0 bridgehead atoms. The van der Waals surface area contributed by atoms with Gasteiger partial charge in [-0.2, -0.15) is 5.10 Å². The zero-order valence-corrected chi connectivity index (χ0v) is 13.1. The molecule has 0 spiro atoms. The number of nitrogens with zero attached hydrogens (tertiary/aromatic N) is 3. The van der Waals surface area contributed by atoms with Crippen molar-refractivity contribution >= 4 is 17.1 Å². The van der Waals surface area contributed by atoms with Crippen LogP contribution >= 0.6 is 11.6 Å². The molecule has 2 aromatic heterocycles. The Morgan fingerprint density at radius 3 is 2.65 bits per heavy atom. The van der Waals surface area contributed by atoms with E-state index in [2.05, 4.69) is 5.10 Å². The maximum atomic E-state index is 12.8. The van der Waals surface area contributed by atoms with Crippen molar-refractivity contribution in [2.45, 2.75) is 25.5 Å². The van der Waals surface area contributed by atoms with Crippen LogP contribution in [-0.2, 0) is 6.54 Å². The van der Waals surface area contributed by atoms with Crippen LogP contribution in [0.4, 0.5) is 0 Å². The Labute approximate surface area is 137 Å². The van der Waals surface area contributed by atoms with Gasteiger partial charge in [-0.25, -0.2) is 4.52 Å². The Bertz CT molecular complexity index is 913. The summed E-state index contributed by atoms with van der Waals surface area (Å²) in [7, 11) is 0. The van der Waals surface area contributed by atoms with E-state index >= 15 is 0 Å². The third-order valence-electron chi connectivity index (χ3n) is 4.27. The monoisotopic (exact) mass is 329 g/mol. The van der Waals surface area contributed by atoms with Crippen LogP contribution in [0.15, 0.2) is 47.3 Å². The summed E-state index contributed by atoms with van der Waals surface area (Å²) in [6.07, 6.45) is 1.17. The van der Waals surface area contributed by atoms with E-state index in [0.29, 0.717) is 23.0 Å². The fourth-order valence-corrected chi connectivity index (χ4v) is 3.02. The maximum Gasteiger partial charge on any atom is 0.278 e. The second-order valence-electron chi connectivity index (χ2n) is 5.97. The van der Waals surface area contributed by atoms with Crippen molar-refractivity contribution in [1.82, 2.24) is 14.2 Å². The molecule has 6 heteroatoms. The van der Waals surface area contributed by atoms with E-state index in [1.54, 1.807) is 16.7 Å². The van der Waals surface area contributed by atoms with Gasteiger partial charge >= 0.3 is 0 Å². The number of fused-ring (bicyclic) bond motifs is 1. The minimum atomic E-state index is -0.741. The molecule has 5 nitrogen and oxygen atoms in total. The van der Waals surface area contributed by atoms with E-state index in [-0.39, 0.29) is 11.5 Å². The van der Waals surface area contributed by atoms with Crippen molar-refractivity contribution in [2.75, 3.05) is 0 Å². The van der Waals surface area contributed by atoms with Crippen LogP contribution in [0, 0.1) is 5.92 Å². The van der Waals surface area contributed by atoms with Gasteiger partial charge in [-0.15, -0.1) is 0 Å². The summed E-state index contributed by atoms with van der Waals surface area (Å²) < 4.78 is 2.97. The average molecular weight is 330 g/mol. The van der Waals surface area contributed by atoms with Gasteiger partial charge in [0.05, 0.1) is 6.54 Å². The highest BCUT2D eigenvalue weighted by Crippen LogP contribution is 2.40. The number of aliphatic hydroxyl groups is 1. The van der Waals surface area contributed by atoms with Crippen molar-refractivity contribution in [3.8, 4) is 0 Å². The first-order valence-corrected chi connectivity index (χ1v) is 8.03. The fraction of sp³-hybridized carbons (Fsp3) is 0.294. The zero-order chi connectivity index (χ0) is 16.0. The molecule has 1 fully saturated rings. The number of benzene rings is 1. The topological polar surface area (TPSA) is 59.5 Å². The van der Waals surface area contributed by atoms with E-state index in [1.807, 2.05) is 30.3 Å². The standard InChI is InChI=1S/C17H16ClN3O2/c18-14-9-8-13-17(23)20(10-11-4-2-1-3-5-11)16(19-21(13)14)15(22)12-6-7-12/h1-5,8-9,12,15,22H,6-7,10H2. The van der Waals surface area contributed by atoms with E-state index in [9.17, 15) is 9.90 Å². The highest BCUT2D eigenvalue weighted by molar-refractivity contribution is 6.29. The number of hydrogen-bond donors (Lipinski definition) is 1. The minimum Gasteiger partial charge on any atom is -0.385 e. The number of aliphatic hydroxyl groups excluding tert-OH is 1. The van der Waals surface area contributed by atoms with E-state index in [0.717, 1.165) is 18.4 Å². The van der Waals surface area contributed by atoms with E-state index < -0.39 is 6.10 Å². The number of hydrogen-bond acceptors (Lipinski definition) is 3. The molecule has 1 unspecified atom stereocenters. The normalized spacial score (nSPS) is 15.9. The van der Waals surface area contributed by atoms with E-state index in [1.165, 1.54) is 4.52 Å². The van der Waals surface area contributed by atoms with Crippen LogP contribution < -0.4 is 5.56 Å². The van der Waals surface area contributed by atoms with Crippen LogP contribution in [0.3, 0.4) is 0 Å². The lowest BCUT2D eigenvalue weighted by atomic mass is 10.2. The smallest absolute Gasteiger partial charge is 0.278 e. The number of aromatic nitrogens is 3. The highest BCUT2D eigenvalue weighted by atomic mass is 35.5.